The number of carboxylic acids is 2. The third-order valence-electron chi connectivity index (χ3n) is 6.54. The number of rotatable bonds is 8. The molecule has 0 unspecified atom stereocenters. The van der Waals surface area contributed by atoms with Crippen molar-refractivity contribution in [3.8, 4) is 0 Å². The SMILES string of the molecule is Cc1cc(C)c(NC(=O)c2ccc(/C=C/c3ccc(C(=O)Nc4c(N)cc(C)cc4C(=O)O)cc3)cc2)c(C(=O)O)c1. The largest absolute Gasteiger partial charge is 0.478 e. The van der Waals surface area contributed by atoms with Crippen LogP contribution in [0.15, 0.2) is 72.8 Å². The van der Waals surface area contributed by atoms with Gasteiger partial charge in [-0.15, -0.1) is 0 Å². The minimum Gasteiger partial charge on any atom is -0.478 e. The summed E-state index contributed by atoms with van der Waals surface area (Å²) in [4.78, 5) is 48.8. The minimum atomic E-state index is -1.19. The number of carboxylic acid groups (broad SMARTS) is 2. The molecule has 0 aliphatic carbocycles. The first-order valence-corrected chi connectivity index (χ1v) is 12.9. The number of nitrogen functional groups attached to an aromatic ring is 1. The van der Waals surface area contributed by atoms with Gasteiger partial charge in [-0.2, -0.15) is 0 Å². The van der Waals surface area contributed by atoms with Gasteiger partial charge < -0.3 is 26.6 Å². The van der Waals surface area contributed by atoms with Crippen LogP contribution in [0, 0.1) is 20.8 Å². The summed E-state index contributed by atoms with van der Waals surface area (Å²) in [6.07, 6.45) is 3.68. The van der Waals surface area contributed by atoms with Crippen LogP contribution in [0.5, 0.6) is 0 Å². The Balaban J connectivity index is 1.42. The molecule has 9 heteroatoms. The highest BCUT2D eigenvalue weighted by molar-refractivity contribution is 6.10. The highest BCUT2D eigenvalue weighted by Crippen LogP contribution is 2.27. The molecule has 4 rings (SSSR count). The second kappa shape index (κ2) is 12.2. The van der Waals surface area contributed by atoms with Crippen LogP contribution in [0.4, 0.5) is 17.1 Å². The second-order valence-corrected chi connectivity index (χ2v) is 9.88. The van der Waals surface area contributed by atoms with E-state index in [0.717, 1.165) is 16.7 Å². The number of anilines is 3. The number of aromatic carboxylic acids is 2. The molecule has 0 saturated carbocycles. The first-order valence-electron chi connectivity index (χ1n) is 12.9. The van der Waals surface area contributed by atoms with E-state index in [4.69, 9.17) is 5.73 Å². The zero-order valence-corrected chi connectivity index (χ0v) is 23.2. The van der Waals surface area contributed by atoms with E-state index in [9.17, 15) is 29.4 Å². The quantitative estimate of drug-likeness (QED) is 0.125. The molecule has 4 aromatic rings. The van der Waals surface area contributed by atoms with Gasteiger partial charge in [0.25, 0.3) is 11.8 Å². The van der Waals surface area contributed by atoms with Gasteiger partial charge in [0.1, 0.15) is 0 Å². The van der Waals surface area contributed by atoms with Gasteiger partial charge in [-0.25, -0.2) is 9.59 Å². The highest BCUT2D eigenvalue weighted by Gasteiger charge is 2.18. The predicted octanol–water partition coefficient (Wildman–Crippen LogP) is 6.27. The van der Waals surface area contributed by atoms with Crippen LogP contribution in [0.1, 0.15) is 69.2 Å². The molecule has 212 valence electrons. The summed E-state index contributed by atoms with van der Waals surface area (Å²) in [5.74, 6) is -3.22. The van der Waals surface area contributed by atoms with Crippen LogP contribution < -0.4 is 16.4 Å². The third kappa shape index (κ3) is 6.71. The van der Waals surface area contributed by atoms with E-state index in [1.54, 1.807) is 75.4 Å². The van der Waals surface area contributed by atoms with Gasteiger partial charge in [0, 0.05) is 11.1 Å². The van der Waals surface area contributed by atoms with Crippen molar-refractivity contribution in [2.24, 2.45) is 0 Å². The summed E-state index contributed by atoms with van der Waals surface area (Å²) >= 11 is 0. The molecule has 0 spiro atoms. The van der Waals surface area contributed by atoms with E-state index in [1.165, 1.54) is 12.1 Å². The molecule has 0 radical (unpaired) electrons. The Labute approximate surface area is 242 Å². The van der Waals surface area contributed by atoms with Gasteiger partial charge in [-0.05, 0) is 91.1 Å². The van der Waals surface area contributed by atoms with Crippen molar-refractivity contribution in [1.29, 1.82) is 0 Å². The summed E-state index contributed by atoms with van der Waals surface area (Å²) in [5.41, 5.74) is 10.9. The standard InChI is InChI=1S/C33H29N3O6/c1-18-14-20(3)28(25(15-18)32(39)40)35-30(37)23-10-6-21(7-11-23)4-5-22-8-12-24(13-9-22)31(38)36-29-26(33(41)42)16-19(2)17-27(29)34/h4-17H,34H2,1-3H3,(H,35,37)(H,36,38)(H,39,40)(H,41,42)/b5-4+. The number of carbonyl (C=O) groups excluding carboxylic acids is 2. The van der Waals surface area contributed by atoms with Gasteiger partial charge in [-0.1, -0.05) is 42.5 Å². The van der Waals surface area contributed by atoms with Crippen molar-refractivity contribution in [3.05, 3.63) is 123 Å². The number of nitrogens with one attached hydrogen (secondary N) is 2. The van der Waals surface area contributed by atoms with Gasteiger partial charge in [0.2, 0.25) is 0 Å². The molecule has 6 N–H and O–H groups in total. The molecule has 0 fully saturated rings. The summed E-state index contributed by atoms with van der Waals surface area (Å²) in [5, 5.41) is 24.3. The van der Waals surface area contributed by atoms with Gasteiger partial charge in [-0.3, -0.25) is 9.59 Å². The Morgan fingerprint density at radius 2 is 1.02 bits per heavy atom. The maximum Gasteiger partial charge on any atom is 0.337 e. The van der Waals surface area contributed by atoms with Crippen molar-refractivity contribution < 1.29 is 29.4 Å². The van der Waals surface area contributed by atoms with E-state index in [1.807, 2.05) is 18.2 Å². The number of nitrogens with two attached hydrogens (primary N) is 1. The number of hydrogen-bond acceptors (Lipinski definition) is 5. The number of aryl methyl sites for hydroxylation is 3. The van der Waals surface area contributed by atoms with E-state index in [2.05, 4.69) is 10.6 Å². The molecule has 0 aromatic heterocycles. The Hall–Kier alpha value is -5.70. The molecular weight excluding hydrogens is 534 g/mol. The van der Waals surface area contributed by atoms with Crippen molar-refractivity contribution in [2.45, 2.75) is 20.8 Å². The van der Waals surface area contributed by atoms with E-state index in [0.29, 0.717) is 22.3 Å². The van der Waals surface area contributed by atoms with Crippen LogP contribution in [0.3, 0.4) is 0 Å². The smallest absolute Gasteiger partial charge is 0.337 e. The van der Waals surface area contributed by atoms with E-state index >= 15 is 0 Å². The van der Waals surface area contributed by atoms with Crippen LogP contribution in [0.25, 0.3) is 12.2 Å². The molecule has 2 amide bonds. The molecule has 0 saturated heterocycles. The number of carbonyl (C=O) groups is 4. The van der Waals surface area contributed by atoms with E-state index < -0.39 is 23.8 Å². The molecule has 0 aliphatic rings. The lowest BCUT2D eigenvalue weighted by Gasteiger charge is -2.13. The van der Waals surface area contributed by atoms with Crippen LogP contribution >= 0.6 is 0 Å². The van der Waals surface area contributed by atoms with Gasteiger partial charge >= 0.3 is 11.9 Å². The normalized spacial score (nSPS) is 10.8. The molecule has 42 heavy (non-hydrogen) atoms. The fourth-order valence-electron chi connectivity index (χ4n) is 4.48. The summed E-state index contributed by atoms with van der Waals surface area (Å²) < 4.78 is 0. The van der Waals surface area contributed by atoms with Crippen LogP contribution in [-0.4, -0.2) is 34.0 Å². The maximum atomic E-state index is 12.8. The molecule has 0 atom stereocenters. The van der Waals surface area contributed by atoms with E-state index in [-0.39, 0.29) is 28.2 Å². The molecule has 0 bridgehead atoms. The van der Waals surface area contributed by atoms with Crippen molar-refractivity contribution in [3.63, 3.8) is 0 Å². The lowest BCUT2D eigenvalue weighted by Crippen LogP contribution is -2.16. The maximum absolute atomic E-state index is 12.8. The molecule has 4 aromatic carbocycles. The first-order chi connectivity index (χ1) is 19.9. The van der Waals surface area contributed by atoms with Crippen molar-refractivity contribution in [1.82, 2.24) is 0 Å². The Kier molecular flexibility index (Phi) is 8.52. The Morgan fingerprint density at radius 1 is 0.619 bits per heavy atom. The van der Waals surface area contributed by atoms with Crippen molar-refractivity contribution in [2.75, 3.05) is 16.4 Å². The first kappa shape index (κ1) is 29.3. The Morgan fingerprint density at radius 3 is 1.48 bits per heavy atom. The minimum absolute atomic E-state index is 0.0354. The molecule has 0 heterocycles. The number of amides is 2. The molecular formula is C33H29N3O6. The predicted molar refractivity (Wildman–Crippen MR) is 163 cm³/mol. The molecule has 9 nitrogen and oxygen atoms in total. The Bertz CT molecular complexity index is 1610. The number of benzene rings is 4. The zero-order valence-electron chi connectivity index (χ0n) is 23.2. The third-order valence-corrected chi connectivity index (χ3v) is 6.54. The second-order valence-electron chi connectivity index (χ2n) is 9.88. The lowest BCUT2D eigenvalue weighted by atomic mass is 10.0. The zero-order chi connectivity index (χ0) is 30.6. The highest BCUT2D eigenvalue weighted by atomic mass is 16.4. The van der Waals surface area contributed by atoms with Crippen LogP contribution in [-0.2, 0) is 0 Å². The fourth-order valence-corrected chi connectivity index (χ4v) is 4.48. The average molecular weight is 564 g/mol. The monoisotopic (exact) mass is 563 g/mol. The average Bonchev–Trinajstić information content (AvgIpc) is 2.94. The molecule has 0 aliphatic heterocycles. The van der Waals surface area contributed by atoms with Gasteiger partial charge in [0.15, 0.2) is 0 Å². The van der Waals surface area contributed by atoms with Crippen LogP contribution in [0.2, 0.25) is 0 Å². The summed E-state index contributed by atoms with van der Waals surface area (Å²) in [6, 6.07) is 19.9. The lowest BCUT2D eigenvalue weighted by molar-refractivity contribution is 0.0686. The summed E-state index contributed by atoms with van der Waals surface area (Å²) in [7, 11) is 0. The van der Waals surface area contributed by atoms with Crippen molar-refractivity contribution >= 4 is 53.0 Å². The fraction of sp³-hybridized carbons (Fsp3) is 0.0909. The topological polar surface area (TPSA) is 159 Å². The summed E-state index contributed by atoms with van der Waals surface area (Å²) in [6.45, 7) is 5.26. The number of hydrogen-bond donors (Lipinski definition) is 5. The van der Waals surface area contributed by atoms with Gasteiger partial charge in [0.05, 0.1) is 28.2 Å².